The predicted octanol–water partition coefficient (Wildman–Crippen LogP) is 8.08. The molecule has 0 atom stereocenters. The molecule has 1 aliphatic carbocycles. The Balaban J connectivity index is 0.685. The highest BCUT2D eigenvalue weighted by molar-refractivity contribution is 6.31. The van der Waals surface area contributed by atoms with Crippen LogP contribution in [0.5, 0.6) is 5.75 Å². The number of nitriles is 1. The maximum absolute atomic E-state index is 13.0. The number of anilines is 1. The van der Waals surface area contributed by atoms with E-state index in [1.807, 2.05) is 23.4 Å². The SMILES string of the molecule is CC(=O)N1CCc2c(c(-c3cccc4cc(-c5ccc(CCOC6CCN(c7ccc(C(=O)NC8CCC(Oc9ccc(C#N)c(Cl)c9)CC8)nn7)CC6)nc5)ncc34)nn2C2CCOCC2)C1. The Kier molecular flexibility index (Phi) is 13.6. The van der Waals surface area contributed by atoms with Crippen molar-refractivity contribution in [3.8, 4) is 34.3 Å². The zero-order chi connectivity index (χ0) is 46.6. The summed E-state index contributed by atoms with van der Waals surface area (Å²) < 4.78 is 20.3. The lowest BCUT2D eigenvalue weighted by Gasteiger charge is -2.32. The van der Waals surface area contributed by atoms with Crippen LogP contribution in [0.1, 0.15) is 97.3 Å². The number of hydrogen-bond acceptors (Lipinski definition) is 12. The number of hydrogen-bond donors (Lipinski definition) is 1. The number of nitrogens with one attached hydrogen (secondary N) is 1. The summed E-state index contributed by atoms with van der Waals surface area (Å²) in [7, 11) is 0. The topological polar surface area (TPSA) is 174 Å². The fourth-order valence-corrected chi connectivity index (χ4v) is 10.3. The summed E-state index contributed by atoms with van der Waals surface area (Å²) in [6.07, 6.45) is 12.3. The van der Waals surface area contributed by atoms with Crippen LogP contribution in [0.3, 0.4) is 0 Å². The summed E-state index contributed by atoms with van der Waals surface area (Å²) in [5.74, 6) is 1.26. The molecule has 3 fully saturated rings. The summed E-state index contributed by atoms with van der Waals surface area (Å²) >= 11 is 6.16. The number of fused-ring (bicyclic) bond motifs is 2. The largest absolute Gasteiger partial charge is 0.490 e. The zero-order valence-electron chi connectivity index (χ0n) is 38.3. The number of nitrogens with zero attached hydrogens (tertiary/aromatic N) is 9. The second-order valence-corrected chi connectivity index (χ2v) is 18.7. The molecule has 68 heavy (non-hydrogen) atoms. The van der Waals surface area contributed by atoms with Crippen molar-refractivity contribution in [2.24, 2.45) is 0 Å². The molecule has 10 rings (SSSR count). The van der Waals surface area contributed by atoms with Crippen LogP contribution in [-0.4, -0.2) is 104 Å². The van der Waals surface area contributed by atoms with E-state index in [-0.39, 0.29) is 30.1 Å². The van der Waals surface area contributed by atoms with Crippen molar-refractivity contribution < 1.29 is 23.8 Å². The Morgan fingerprint density at radius 2 is 1.74 bits per heavy atom. The Bertz CT molecular complexity index is 2810. The van der Waals surface area contributed by atoms with Crippen molar-refractivity contribution in [2.75, 3.05) is 44.4 Å². The average Bonchev–Trinajstić information content (AvgIpc) is 3.76. The quantitative estimate of drug-likeness (QED) is 0.125. The molecule has 2 amide bonds. The van der Waals surface area contributed by atoms with E-state index in [0.717, 1.165) is 134 Å². The number of halogens is 1. The lowest BCUT2D eigenvalue weighted by molar-refractivity contribution is -0.129. The Morgan fingerprint density at radius 1 is 0.897 bits per heavy atom. The normalized spacial score (nSPS) is 19.1. The fourth-order valence-electron chi connectivity index (χ4n) is 10.1. The van der Waals surface area contributed by atoms with Crippen LogP contribution >= 0.6 is 11.6 Å². The second kappa shape index (κ2) is 20.4. The monoisotopic (exact) mass is 934 g/mol. The van der Waals surface area contributed by atoms with Gasteiger partial charge in [0.05, 0.1) is 46.8 Å². The summed E-state index contributed by atoms with van der Waals surface area (Å²) in [6.45, 7) is 6.55. The van der Waals surface area contributed by atoms with Gasteiger partial charge in [-0.1, -0.05) is 29.8 Å². The van der Waals surface area contributed by atoms with Crippen LogP contribution in [0.4, 0.5) is 5.82 Å². The van der Waals surface area contributed by atoms with Crippen molar-refractivity contribution in [1.29, 1.82) is 5.26 Å². The Hall–Kier alpha value is -6.47. The van der Waals surface area contributed by atoms with Crippen molar-refractivity contribution in [1.82, 2.24) is 40.2 Å². The van der Waals surface area contributed by atoms with E-state index in [1.165, 1.54) is 5.69 Å². The number of piperidine rings is 1. The highest BCUT2D eigenvalue weighted by Crippen LogP contribution is 2.38. The first kappa shape index (κ1) is 45.3. The third-order valence-corrected chi connectivity index (χ3v) is 14.3. The zero-order valence-corrected chi connectivity index (χ0v) is 39.0. The van der Waals surface area contributed by atoms with Crippen molar-refractivity contribution in [3.05, 3.63) is 112 Å². The van der Waals surface area contributed by atoms with E-state index >= 15 is 0 Å². The molecule has 2 saturated heterocycles. The molecule has 3 aliphatic heterocycles. The van der Waals surface area contributed by atoms with Crippen LogP contribution < -0.4 is 15.0 Å². The molecule has 0 radical (unpaired) electrons. The fraction of sp³-hybridized carbons (Fsp3) is 0.423. The smallest absolute Gasteiger partial charge is 0.272 e. The summed E-state index contributed by atoms with van der Waals surface area (Å²) in [6, 6.07) is 23.7. The van der Waals surface area contributed by atoms with Gasteiger partial charge in [-0.2, -0.15) is 10.4 Å². The van der Waals surface area contributed by atoms with E-state index in [2.05, 4.69) is 67.6 Å². The van der Waals surface area contributed by atoms with E-state index in [1.54, 1.807) is 31.2 Å². The van der Waals surface area contributed by atoms with Crippen LogP contribution in [0.15, 0.2) is 79.1 Å². The minimum absolute atomic E-state index is 0.0231. The van der Waals surface area contributed by atoms with Crippen LogP contribution in [0.25, 0.3) is 33.3 Å². The average molecular weight is 936 g/mol. The van der Waals surface area contributed by atoms with Gasteiger partial charge < -0.3 is 29.3 Å². The van der Waals surface area contributed by atoms with Gasteiger partial charge in [0.25, 0.3) is 5.91 Å². The summed E-state index contributed by atoms with van der Waals surface area (Å²) in [4.78, 5) is 39.3. The van der Waals surface area contributed by atoms with Crippen molar-refractivity contribution in [3.63, 3.8) is 0 Å². The number of carbonyl (C=O) groups excluding carboxylic acids is 2. The van der Waals surface area contributed by atoms with E-state index in [0.29, 0.717) is 54.2 Å². The van der Waals surface area contributed by atoms with Crippen LogP contribution in [-0.2, 0) is 33.7 Å². The molecular weight excluding hydrogens is 880 g/mol. The number of carbonyl (C=O) groups is 2. The molecule has 0 spiro atoms. The molecule has 350 valence electrons. The Morgan fingerprint density at radius 3 is 2.47 bits per heavy atom. The van der Waals surface area contributed by atoms with Gasteiger partial charge in [-0.15, -0.1) is 10.2 Å². The molecule has 6 aromatic rings. The lowest BCUT2D eigenvalue weighted by atomic mass is 9.93. The molecule has 1 N–H and O–H groups in total. The van der Waals surface area contributed by atoms with Gasteiger partial charge in [-0.3, -0.25) is 24.2 Å². The van der Waals surface area contributed by atoms with E-state index in [9.17, 15) is 9.59 Å². The molecule has 16 heteroatoms. The number of amides is 2. The predicted molar refractivity (Wildman–Crippen MR) is 257 cm³/mol. The number of ether oxygens (including phenoxy) is 3. The molecule has 0 bridgehead atoms. The molecule has 0 unspecified atom stereocenters. The highest BCUT2D eigenvalue weighted by Gasteiger charge is 2.31. The van der Waals surface area contributed by atoms with Crippen LogP contribution in [0.2, 0.25) is 5.02 Å². The molecular formula is C52H55ClN10O5. The second-order valence-electron chi connectivity index (χ2n) is 18.3. The third-order valence-electron chi connectivity index (χ3n) is 13.9. The molecule has 1 saturated carbocycles. The minimum Gasteiger partial charge on any atom is -0.490 e. The van der Waals surface area contributed by atoms with E-state index < -0.39 is 0 Å². The number of benzene rings is 2. The molecule has 7 heterocycles. The first-order valence-electron chi connectivity index (χ1n) is 23.9. The van der Waals surface area contributed by atoms with Crippen molar-refractivity contribution >= 4 is 40.0 Å². The standard InChI is InChI=1S/C52H55ClN10O5/c1-33(64)62-23-17-49-45(32-62)51(60-63(49)39-19-24-66-25-20-39)43-4-2-3-34-27-48(56-31-44(34)43)36-5-7-37(55-30-36)18-26-67-40-15-21-61(22-16-40)50-14-13-47(58-59-50)52(65)57-38-8-11-41(12-9-38)68-42-10-6-35(29-54)46(53)28-42/h2-7,10,13-14,27-28,30-31,38-41H,8-9,11-12,15-26,32H2,1H3,(H,57,65). The maximum atomic E-state index is 13.0. The molecule has 4 aliphatic rings. The number of aromatic nitrogens is 6. The van der Waals surface area contributed by atoms with Gasteiger partial charge in [0.2, 0.25) is 5.91 Å². The number of pyridine rings is 2. The molecule has 2 aromatic carbocycles. The van der Waals surface area contributed by atoms with Crippen LogP contribution in [0, 0.1) is 11.3 Å². The number of rotatable bonds is 12. The van der Waals surface area contributed by atoms with Gasteiger partial charge in [-0.25, -0.2) is 0 Å². The van der Waals surface area contributed by atoms with Gasteiger partial charge in [0.15, 0.2) is 11.5 Å². The summed E-state index contributed by atoms with van der Waals surface area (Å²) in [5.41, 5.74) is 7.82. The van der Waals surface area contributed by atoms with Gasteiger partial charge in [0, 0.05) is 117 Å². The first-order valence-corrected chi connectivity index (χ1v) is 24.3. The van der Waals surface area contributed by atoms with Crippen molar-refractivity contribution in [2.45, 2.75) is 102 Å². The lowest BCUT2D eigenvalue weighted by Crippen LogP contribution is -2.40. The van der Waals surface area contributed by atoms with E-state index in [4.69, 9.17) is 46.1 Å². The molecule has 15 nitrogen and oxygen atoms in total. The summed E-state index contributed by atoms with van der Waals surface area (Å²) in [5, 5.41) is 28.7. The molecule has 4 aromatic heterocycles. The van der Waals surface area contributed by atoms with Gasteiger partial charge in [0.1, 0.15) is 11.8 Å². The third kappa shape index (κ3) is 10.0. The first-order chi connectivity index (χ1) is 33.3. The minimum atomic E-state index is -0.225. The van der Waals surface area contributed by atoms with Gasteiger partial charge in [-0.05, 0) is 99.2 Å². The highest BCUT2D eigenvalue weighted by atomic mass is 35.5. The Labute approximate surface area is 400 Å². The van der Waals surface area contributed by atoms with Gasteiger partial charge >= 0.3 is 0 Å². The maximum Gasteiger partial charge on any atom is 0.272 e.